The van der Waals surface area contributed by atoms with E-state index in [4.69, 9.17) is 4.74 Å². The van der Waals surface area contributed by atoms with Crippen LogP contribution in [0.2, 0.25) is 0 Å². The summed E-state index contributed by atoms with van der Waals surface area (Å²) in [5, 5.41) is 0. The zero-order valence-corrected chi connectivity index (χ0v) is 12.0. The van der Waals surface area contributed by atoms with Gasteiger partial charge in [-0.25, -0.2) is 4.79 Å². The Balaban J connectivity index is 3.10. The van der Waals surface area contributed by atoms with Crippen LogP contribution in [0.5, 0.6) is 0 Å². The predicted octanol–water partition coefficient (Wildman–Crippen LogP) is 3.12. The van der Waals surface area contributed by atoms with E-state index in [1.807, 2.05) is 0 Å². The van der Waals surface area contributed by atoms with E-state index in [1.54, 1.807) is 26.0 Å². The van der Waals surface area contributed by atoms with Crippen LogP contribution in [0.1, 0.15) is 34.6 Å². The van der Waals surface area contributed by atoms with Crippen LogP contribution in [0.4, 0.5) is 0 Å². The van der Waals surface area contributed by atoms with Crippen LogP contribution in [0.3, 0.4) is 0 Å². The van der Waals surface area contributed by atoms with Crippen LogP contribution in [0.25, 0.3) is 0 Å². The van der Waals surface area contributed by atoms with Crippen LogP contribution in [0, 0.1) is 0 Å². The van der Waals surface area contributed by atoms with Gasteiger partial charge in [-0.3, -0.25) is 4.79 Å². The van der Waals surface area contributed by atoms with Gasteiger partial charge in [0.15, 0.2) is 5.78 Å². The number of alkyl halides is 1. The molecule has 0 saturated carbocycles. The van der Waals surface area contributed by atoms with Gasteiger partial charge in [0.05, 0.1) is 17.0 Å². The molecule has 0 N–H and O–H groups in total. The number of carbonyl (C=O) groups excluding carboxylic acids is 2. The maximum Gasteiger partial charge on any atom is 0.339 e. The Kier molecular flexibility index (Phi) is 5.21. The molecule has 0 bridgehead atoms. The molecule has 0 aliphatic rings. The maximum atomic E-state index is 11.8. The molecule has 1 unspecified atom stereocenters. The highest BCUT2D eigenvalue weighted by atomic mass is 79.9. The molecule has 0 amide bonds. The summed E-state index contributed by atoms with van der Waals surface area (Å²) in [5.74, 6) is -0.543. The summed E-state index contributed by atoms with van der Waals surface area (Å²) < 4.78 is 4.89. The van der Waals surface area contributed by atoms with Crippen molar-refractivity contribution in [1.29, 1.82) is 0 Å². The maximum absolute atomic E-state index is 11.8. The quantitative estimate of drug-likeness (QED) is 0.402. The molecule has 3 nitrogen and oxygen atoms in total. The highest BCUT2D eigenvalue weighted by molar-refractivity contribution is 9.10. The average molecular weight is 317 g/mol. The zero-order valence-electron chi connectivity index (χ0n) is 9.57. The molecule has 1 atom stereocenters. The van der Waals surface area contributed by atoms with Gasteiger partial charge in [0.1, 0.15) is 0 Å². The summed E-state index contributed by atoms with van der Waals surface area (Å²) >= 11 is 7.38. The van der Waals surface area contributed by atoms with Gasteiger partial charge in [0.25, 0.3) is 0 Å². The van der Waals surface area contributed by atoms with E-state index in [9.17, 15) is 9.59 Å². The standard InChI is InChI=1S/C12H13BrO3S/c1-3-16-12(15)9-6-8(4-5-10(9)17)11(14)7(2)13/h4-7,17H,3H2,1-2H3. The Labute approximate surface area is 114 Å². The lowest BCUT2D eigenvalue weighted by atomic mass is 10.1. The van der Waals surface area contributed by atoms with Gasteiger partial charge in [-0.15, -0.1) is 12.6 Å². The van der Waals surface area contributed by atoms with Crippen LogP contribution in [-0.2, 0) is 4.74 Å². The molecule has 92 valence electrons. The third-order valence-electron chi connectivity index (χ3n) is 2.14. The molecule has 5 heteroatoms. The summed E-state index contributed by atoms with van der Waals surface area (Å²) in [4.78, 5) is 23.6. The lowest BCUT2D eigenvalue weighted by molar-refractivity contribution is 0.0522. The van der Waals surface area contributed by atoms with Crippen molar-refractivity contribution in [3.05, 3.63) is 29.3 Å². The Hall–Kier alpha value is -0.810. The minimum atomic E-state index is -0.464. The molecule has 0 saturated heterocycles. The number of carbonyl (C=O) groups is 2. The van der Waals surface area contributed by atoms with E-state index >= 15 is 0 Å². The first kappa shape index (κ1) is 14.3. The summed E-state index contributed by atoms with van der Waals surface area (Å²) in [6.07, 6.45) is 0. The molecule has 0 aromatic heterocycles. The van der Waals surface area contributed by atoms with Crippen molar-refractivity contribution in [3.63, 3.8) is 0 Å². The lowest BCUT2D eigenvalue weighted by Gasteiger charge is -2.08. The monoisotopic (exact) mass is 316 g/mol. The minimum Gasteiger partial charge on any atom is -0.462 e. The fourth-order valence-electron chi connectivity index (χ4n) is 1.29. The molecule has 1 rings (SSSR count). The van der Waals surface area contributed by atoms with Crippen molar-refractivity contribution >= 4 is 40.3 Å². The van der Waals surface area contributed by atoms with Crippen molar-refractivity contribution in [3.8, 4) is 0 Å². The second kappa shape index (κ2) is 6.21. The number of halogens is 1. The molecule has 0 fully saturated rings. The fraction of sp³-hybridized carbons (Fsp3) is 0.333. The molecular weight excluding hydrogens is 304 g/mol. The molecule has 1 aromatic carbocycles. The van der Waals surface area contributed by atoms with Gasteiger partial charge in [-0.2, -0.15) is 0 Å². The van der Waals surface area contributed by atoms with Gasteiger partial charge < -0.3 is 4.74 Å². The molecule has 0 aliphatic carbocycles. The first-order valence-corrected chi connectivity index (χ1v) is 6.52. The summed E-state index contributed by atoms with van der Waals surface area (Å²) in [6, 6.07) is 4.78. The summed E-state index contributed by atoms with van der Waals surface area (Å²) in [7, 11) is 0. The zero-order chi connectivity index (χ0) is 13.0. The molecule has 0 radical (unpaired) electrons. The Morgan fingerprint density at radius 3 is 2.65 bits per heavy atom. The van der Waals surface area contributed by atoms with Crippen molar-refractivity contribution < 1.29 is 14.3 Å². The number of ketones is 1. The number of esters is 1. The van der Waals surface area contributed by atoms with E-state index in [0.717, 1.165) is 0 Å². The lowest BCUT2D eigenvalue weighted by Crippen LogP contribution is -2.12. The molecule has 0 heterocycles. The molecule has 1 aromatic rings. The van der Waals surface area contributed by atoms with E-state index in [-0.39, 0.29) is 10.6 Å². The van der Waals surface area contributed by atoms with Crippen LogP contribution in [-0.4, -0.2) is 23.2 Å². The number of Topliss-reactive ketones (excluding diaryl/α,β-unsaturated/α-hetero) is 1. The minimum absolute atomic E-state index is 0.0797. The molecule has 17 heavy (non-hydrogen) atoms. The van der Waals surface area contributed by atoms with E-state index in [0.29, 0.717) is 22.6 Å². The number of hydrogen-bond acceptors (Lipinski definition) is 4. The van der Waals surface area contributed by atoms with Crippen LogP contribution < -0.4 is 0 Å². The summed E-state index contributed by atoms with van der Waals surface area (Å²) in [6.45, 7) is 3.76. The molecule has 0 spiro atoms. The fourth-order valence-corrected chi connectivity index (χ4v) is 1.79. The number of hydrogen-bond donors (Lipinski definition) is 1. The predicted molar refractivity (Wildman–Crippen MR) is 72.4 cm³/mol. The normalized spacial score (nSPS) is 12.0. The van der Waals surface area contributed by atoms with E-state index in [1.165, 1.54) is 6.07 Å². The molecular formula is C12H13BrO3S. The first-order valence-electron chi connectivity index (χ1n) is 5.15. The first-order chi connectivity index (χ1) is 7.97. The van der Waals surface area contributed by atoms with Crippen molar-refractivity contribution in [2.45, 2.75) is 23.6 Å². The Morgan fingerprint density at radius 1 is 1.47 bits per heavy atom. The van der Waals surface area contributed by atoms with Crippen molar-refractivity contribution in [2.75, 3.05) is 6.61 Å². The number of thiol groups is 1. The molecule has 0 aliphatic heterocycles. The van der Waals surface area contributed by atoms with Gasteiger partial charge in [-0.1, -0.05) is 22.0 Å². The third kappa shape index (κ3) is 3.57. The van der Waals surface area contributed by atoms with E-state index in [2.05, 4.69) is 28.6 Å². The van der Waals surface area contributed by atoms with Gasteiger partial charge in [0.2, 0.25) is 0 Å². The Morgan fingerprint density at radius 2 is 2.12 bits per heavy atom. The Bertz CT molecular complexity index is 443. The highest BCUT2D eigenvalue weighted by Crippen LogP contribution is 2.19. The van der Waals surface area contributed by atoms with Gasteiger partial charge in [0, 0.05) is 10.5 Å². The number of benzene rings is 1. The third-order valence-corrected chi connectivity index (χ3v) is 2.94. The SMILES string of the molecule is CCOC(=O)c1cc(C(=O)C(C)Br)ccc1S. The van der Waals surface area contributed by atoms with Crippen molar-refractivity contribution in [2.24, 2.45) is 0 Å². The largest absolute Gasteiger partial charge is 0.462 e. The van der Waals surface area contributed by atoms with Gasteiger partial charge in [-0.05, 0) is 26.0 Å². The smallest absolute Gasteiger partial charge is 0.339 e. The van der Waals surface area contributed by atoms with Gasteiger partial charge >= 0.3 is 5.97 Å². The average Bonchev–Trinajstić information content (AvgIpc) is 2.28. The second-order valence-corrected chi connectivity index (χ2v) is 5.29. The number of rotatable bonds is 4. The highest BCUT2D eigenvalue weighted by Gasteiger charge is 2.16. The van der Waals surface area contributed by atoms with Crippen LogP contribution >= 0.6 is 28.6 Å². The van der Waals surface area contributed by atoms with E-state index < -0.39 is 5.97 Å². The van der Waals surface area contributed by atoms with Crippen LogP contribution in [0.15, 0.2) is 23.1 Å². The summed E-state index contributed by atoms with van der Waals surface area (Å²) in [5.41, 5.74) is 0.782. The number of ether oxygens (including phenoxy) is 1. The topological polar surface area (TPSA) is 43.4 Å². The van der Waals surface area contributed by atoms with Crippen molar-refractivity contribution in [1.82, 2.24) is 0 Å². The second-order valence-electron chi connectivity index (χ2n) is 3.43.